The molecule has 0 aliphatic carbocycles. The molecule has 0 aromatic rings. The summed E-state index contributed by atoms with van der Waals surface area (Å²) in [5.41, 5.74) is 2.01. The van der Waals surface area contributed by atoms with Crippen molar-refractivity contribution in [3.8, 4) is 0 Å². The normalized spacial score (nSPS) is 18.6. The lowest BCUT2D eigenvalue weighted by Crippen LogP contribution is -2.51. The molecule has 4 N–H and O–H groups in total. The smallest absolute Gasteiger partial charge is 0.248 e. The molecule has 0 saturated carbocycles. The van der Waals surface area contributed by atoms with Crippen molar-refractivity contribution in [1.29, 1.82) is 0 Å². The Morgan fingerprint density at radius 3 is 3.08 bits per heavy atom. The number of carbonyl (C=O) groups excluding carboxylic acids is 2. The zero-order chi connectivity index (χ0) is 8.97. The van der Waals surface area contributed by atoms with Gasteiger partial charge >= 0.3 is 0 Å². The molecule has 1 aliphatic heterocycles. The summed E-state index contributed by atoms with van der Waals surface area (Å²) in [6.07, 6.45) is 0. The van der Waals surface area contributed by atoms with Gasteiger partial charge in [-0.1, -0.05) is 0 Å². The second-order valence-corrected chi connectivity index (χ2v) is 2.63. The first-order chi connectivity index (χ1) is 5.72. The van der Waals surface area contributed by atoms with Crippen molar-refractivity contribution in [3.63, 3.8) is 0 Å². The first kappa shape index (κ1) is 8.95. The summed E-state index contributed by atoms with van der Waals surface area (Å²) >= 11 is 0. The van der Waals surface area contributed by atoms with Crippen LogP contribution >= 0.6 is 0 Å². The number of rotatable bonds is 2. The highest BCUT2D eigenvalue weighted by Gasteiger charge is 2.17. The van der Waals surface area contributed by atoms with Gasteiger partial charge in [-0.2, -0.15) is 0 Å². The lowest BCUT2D eigenvalue weighted by atomic mass is 10.3. The van der Waals surface area contributed by atoms with Gasteiger partial charge in [-0.05, 0) is 0 Å². The highest BCUT2D eigenvalue weighted by atomic mass is 16.2. The highest BCUT2D eigenvalue weighted by molar-refractivity contribution is 5.81. The van der Waals surface area contributed by atoms with E-state index in [1.54, 1.807) is 4.90 Å². The minimum atomic E-state index is -0.273. The van der Waals surface area contributed by atoms with Crippen LogP contribution in [0.5, 0.6) is 0 Å². The Bertz CT molecular complexity index is 194. The van der Waals surface area contributed by atoms with Gasteiger partial charge in [0.05, 0.1) is 13.1 Å². The zero-order valence-electron chi connectivity index (χ0n) is 6.67. The molecule has 1 saturated heterocycles. The first-order valence-corrected chi connectivity index (χ1v) is 3.71. The molecule has 1 aliphatic rings. The Labute approximate surface area is 70.1 Å². The molecule has 0 atom stereocenters. The largest absolute Gasteiger partial charge is 0.354 e. The van der Waals surface area contributed by atoms with Gasteiger partial charge in [-0.15, -0.1) is 0 Å². The molecule has 2 amide bonds. The van der Waals surface area contributed by atoms with E-state index in [-0.39, 0.29) is 24.9 Å². The van der Waals surface area contributed by atoms with E-state index in [4.69, 9.17) is 5.84 Å². The molecule has 6 heteroatoms. The number of hydrogen-bond donors (Lipinski definition) is 3. The van der Waals surface area contributed by atoms with Crippen molar-refractivity contribution < 1.29 is 9.59 Å². The Morgan fingerprint density at radius 2 is 2.50 bits per heavy atom. The topological polar surface area (TPSA) is 87.5 Å². The van der Waals surface area contributed by atoms with E-state index in [1.807, 2.05) is 5.43 Å². The van der Waals surface area contributed by atoms with Crippen molar-refractivity contribution in [3.05, 3.63) is 0 Å². The van der Waals surface area contributed by atoms with Gasteiger partial charge in [0, 0.05) is 13.1 Å². The van der Waals surface area contributed by atoms with Crippen LogP contribution in [-0.2, 0) is 9.59 Å². The second-order valence-electron chi connectivity index (χ2n) is 2.63. The number of hydrazine groups is 1. The van der Waals surface area contributed by atoms with Crippen LogP contribution in [0.25, 0.3) is 0 Å². The minimum absolute atomic E-state index is 0.0499. The van der Waals surface area contributed by atoms with Crippen LogP contribution in [0.15, 0.2) is 0 Å². The Kier molecular flexibility index (Phi) is 3.01. The standard InChI is InChI=1S/C6H12N4O2/c7-9-6(12)4-10-2-1-8-5(11)3-10/h1-4,7H2,(H,8,11)(H,9,12). The van der Waals surface area contributed by atoms with E-state index < -0.39 is 0 Å². The van der Waals surface area contributed by atoms with E-state index in [0.29, 0.717) is 13.1 Å². The summed E-state index contributed by atoms with van der Waals surface area (Å²) in [7, 11) is 0. The highest BCUT2D eigenvalue weighted by Crippen LogP contribution is 1.91. The van der Waals surface area contributed by atoms with Crippen molar-refractivity contribution in [2.24, 2.45) is 5.84 Å². The number of piperazine rings is 1. The fraction of sp³-hybridized carbons (Fsp3) is 0.667. The van der Waals surface area contributed by atoms with E-state index in [2.05, 4.69) is 5.32 Å². The molecular formula is C6H12N4O2. The molecule has 1 fully saturated rings. The average Bonchev–Trinajstić information content (AvgIpc) is 2.04. The maximum absolute atomic E-state index is 10.8. The zero-order valence-corrected chi connectivity index (χ0v) is 6.67. The van der Waals surface area contributed by atoms with Gasteiger partial charge in [0.1, 0.15) is 0 Å². The third-order valence-electron chi connectivity index (χ3n) is 1.65. The number of amides is 2. The maximum atomic E-state index is 10.8. The summed E-state index contributed by atoms with van der Waals surface area (Å²) in [5, 5.41) is 2.66. The Hall–Kier alpha value is -1.14. The summed E-state index contributed by atoms with van der Waals surface area (Å²) in [5.74, 6) is 4.57. The van der Waals surface area contributed by atoms with Crippen LogP contribution in [0.2, 0.25) is 0 Å². The molecule has 0 radical (unpaired) electrons. The molecule has 0 aromatic carbocycles. The van der Waals surface area contributed by atoms with Crippen LogP contribution in [0.1, 0.15) is 0 Å². The van der Waals surface area contributed by atoms with Gasteiger partial charge in [0.15, 0.2) is 0 Å². The molecule has 1 rings (SSSR count). The Morgan fingerprint density at radius 1 is 1.75 bits per heavy atom. The molecule has 12 heavy (non-hydrogen) atoms. The molecule has 0 bridgehead atoms. The van der Waals surface area contributed by atoms with Crippen LogP contribution in [-0.4, -0.2) is 42.9 Å². The van der Waals surface area contributed by atoms with E-state index in [1.165, 1.54) is 0 Å². The summed E-state index contributed by atoms with van der Waals surface area (Å²) in [6.45, 7) is 1.74. The Balaban J connectivity index is 2.32. The quantitative estimate of drug-likeness (QED) is 0.242. The lowest BCUT2D eigenvalue weighted by molar-refractivity contribution is -0.126. The van der Waals surface area contributed by atoms with Gasteiger partial charge < -0.3 is 5.32 Å². The van der Waals surface area contributed by atoms with Crippen LogP contribution < -0.4 is 16.6 Å². The lowest BCUT2D eigenvalue weighted by Gasteiger charge is -2.25. The number of carbonyl (C=O) groups is 2. The van der Waals surface area contributed by atoms with Crippen molar-refractivity contribution >= 4 is 11.8 Å². The van der Waals surface area contributed by atoms with E-state index >= 15 is 0 Å². The summed E-state index contributed by atoms with van der Waals surface area (Å²) in [6, 6.07) is 0. The van der Waals surface area contributed by atoms with Gasteiger partial charge in [0.25, 0.3) is 0 Å². The van der Waals surface area contributed by atoms with Crippen LogP contribution in [0, 0.1) is 0 Å². The van der Waals surface area contributed by atoms with Gasteiger partial charge in [-0.3, -0.25) is 19.9 Å². The molecule has 6 nitrogen and oxygen atoms in total. The number of nitrogens with two attached hydrogens (primary N) is 1. The fourth-order valence-electron chi connectivity index (χ4n) is 1.08. The predicted molar refractivity (Wildman–Crippen MR) is 41.8 cm³/mol. The second kappa shape index (κ2) is 4.03. The number of nitrogens with zero attached hydrogens (tertiary/aromatic N) is 1. The molecule has 0 unspecified atom stereocenters. The molecule has 0 aromatic heterocycles. The molecule has 0 spiro atoms. The van der Waals surface area contributed by atoms with Crippen molar-refractivity contribution in [2.75, 3.05) is 26.2 Å². The van der Waals surface area contributed by atoms with Crippen LogP contribution in [0.3, 0.4) is 0 Å². The third kappa shape index (κ3) is 2.48. The average molecular weight is 172 g/mol. The van der Waals surface area contributed by atoms with Crippen molar-refractivity contribution in [2.45, 2.75) is 0 Å². The van der Waals surface area contributed by atoms with E-state index in [0.717, 1.165) is 0 Å². The summed E-state index contributed by atoms with van der Waals surface area (Å²) < 4.78 is 0. The molecule has 1 heterocycles. The fourth-order valence-corrected chi connectivity index (χ4v) is 1.08. The maximum Gasteiger partial charge on any atom is 0.248 e. The minimum Gasteiger partial charge on any atom is -0.354 e. The van der Waals surface area contributed by atoms with E-state index in [9.17, 15) is 9.59 Å². The number of hydrogen-bond acceptors (Lipinski definition) is 4. The third-order valence-corrected chi connectivity index (χ3v) is 1.65. The van der Waals surface area contributed by atoms with Gasteiger partial charge in [0.2, 0.25) is 11.8 Å². The molecule has 68 valence electrons. The van der Waals surface area contributed by atoms with Crippen molar-refractivity contribution in [1.82, 2.24) is 15.6 Å². The van der Waals surface area contributed by atoms with Crippen LogP contribution in [0.4, 0.5) is 0 Å². The summed E-state index contributed by atoms with van der Waals surface area (Å²) in [4.78, 5) is 23.3. The molecular weight excluding hydrogens is 160 g/mol. The van der Waals surface area contributed by atoms with Gasteiger partial charge in [-0.25, -0.2) is 5.84 Å². The SMILES string of the molecule is NNC(=O)CN1CCNC(=O)C1. The monoisotopic (exact) mass is 172 g/mol. The number of nitrogens with one attached hydrogen (secondary N) is 2. The first-order valence-electron chi connectivity index (χ1n) is 3.71. The predicted octanol–water partition coefficient (Wildman–Crippen LogP) is -2.59.